The minimum Gasteiger partial charge on any atom is -0.321 e. The van der Waals surface area contributed by atoms with Crippen LogP contribution in [0.1, 0.15) is 21.5 Å². The van der Waals surface area contributed by atoms with E-state index in [-0.39, 0.29) is 11.6 Å². The highest BCUT2D eigenvalue weighted by molar-refractivity contribution is 8.03. The van der Waals surface area contributed by atoms with E-state index >= 15 is 0 Å². The second-order valence-corrected chi connectivity index (χ2v) is 15.4. The summed E-state index contributed by atoms with van der Waals surface area (Å²) in [5.41, 5.74) is 3.22. The molecule has 6 rings (SSSR count). The molecule has 0 aliphatic carbocycles. The normalized spacial score (nSPS) is 11.7. The maximum Gasteiger partial charge on any atom is 0.276 e. The molecule has 0 spiro atoms. The zero-order chi connectivity index (χ0) is 36.3. The van der Waals surface area contributed by atoms with Crippen LogP contribution in [0.25, 0.3) is 5.31 Å². The molecular formula is C41H35ClN2O6P+. The zero-order valence-electron chi connectivity index (χ0n) is 27.6. The van der Waals surface area contributed by atoms with Crippen molar-refractivity contribution >= 4 is 46.0 Å². The molecule has 8 nitrogen and oxygen atoms in total. The fraction of sp³-hybridized carbons (Fsp3) is 0.0244. The van der Waals surface area contributed by atoms with Gasteiger partial charge in [0.1, 0.15) is 28.5 Å². The molecule has 0 saturated carbocycles. The average molecular weight is 718 g/mol. The van der Waals surface area contributed by atoms with Crippen molar-refractivity contribution in [3.8, 4) is 0 Å². The molecule has 6 aromatic rings. The molecule has 0 radical (unpaired) electrons. The Morgan fingerprint density at radius 1 is 0.549 bits per heavy atom. The monoisotopic (exact) mass is 717 g/mol. The standard InChI is InChI=1S/C41H33N2O2P.ClHO4/c1-31-27-29-34(30-28-31)42-41(45)38(43-40(44)33-19-9-3-10-20-33)39(32-17-7-2-8-18-32)46(35-21-11-4-12-22-35,36-23-13-5-14-24-36)37-25-15-6-16-26-37;2-1(3,4)5/h2-30H,1H3,(H-,42,43,44,45);(H,2,3,4,5)/p+1/b39-38-;. The van der Waals surface area contributed by atoms with Crippen molar-refractivity contribution in [3.05, 3.63) is 198 Å². The van der Waals surface area contributed by atoms with Crippen molar-refractivity contribution in [1.82, 2.24) is 5.32 Å². The van der Waals surface area contributed by atoms with Gasteiger partial charge in [0.15, 0.2) is 5.70 Å². The topological polar surface area (TPSA) is 148 Å². The number of carbonyl (C=O) groups is 2. The van der Waals surface area contributed by atoms with E-state index in [1.807, 2.05) is 134 Å². The fourth-order valence-corrected chi connectivity index (χ4v) is 10.3. The summed E-state index contributed by atoms with van der Waals surface area (Å²) in [7, 11) is -7.55. The molecule has 0 atom stereocenters. The minimum atomic E-state index is -4.69. The quantitative estimate of drug-likeness (QED) is 0.154. The molecule has 10 heteroatoms. The molecule has 51 heavy (non-hydrogen) atoms. The van der Waals surface area contributed by atoms with Crippen LogP contribution in [0.5, 0.6) is 0 Å². The van der Waals surface area contributed by atoms with Gasteiger partial charge in [-0.05, 0) is 67.6 Å². The average Bonchev–Trinajstić information content (AvgIpc) is 3.15. The minimum absolute atomic E-state index is 0.200. The second-order valence-electron chi connectivity index (χ2n) is 11.3. The summed E-state index contributed by atoms with van der Waals surface area (Å²) < 4.78 is 32.7. The molecule has 0 aliphatic rings. The summed E-state index contributed by atoms with van der Waals surface area (Å²) in [6.07, 6.45) is 0. The molecule has 0 aromatic heterocycles. The van der Waals surface area contributed by atoms with E-state index in [2.05, 4.69) is 47.0 Å². The lowest BCUT2D eigenvalue weighted by Gasteiger charge is -2.31. The van der Waals surface area contributed by atoms with Gasteiger partial charge in [-0.2, -0.15) is 14.0 Å². The predicted molar refractivity (Wildman–Crippen MR) is 194 cm³/mol. The molecule has 0 unspecified atom stereocenters. The number of rotatable bonds is 9. The summed E-state index contributed by atoms with van der Waals surface area (Å²) in [5, 5.41) is 10.2. The number of halogens is 1. The first-order valence-electron chi connectivity index (χ1n) is 15.8. The third-order valence-corrected chi connectivity index (χ3v) is 12.2. The first-order chi connectivity index (χ1) is 24.6. The second kappa shape index (κ2) is 17.0. The summed E-state index contributed by atoms with van der Waals surface area (Å²) in [6.45, 7) is 2.00. The highest BCUT2D eigenvalue weighted by Gasteiger charge is 2.52. The number of hydrogen-bond donors (Lipinski definition) is 3. The predicted octanol–water partition coefficient (Wildman–Crippen LogP) is 3.60. The lowest BCUT2D eigenvalue weighted by Crippen LogP contribution is -2.58. The lowest BCUT2D eigenvalue weighted by molar-refractivity contribution is -1.92. The Bertz CT molecular complexity index is 1960. The number of nitrogens with one attached hydrogen (secondary N) is 2. The molecule has 6 aromatic carbocycles. The Morgan fingerprint density at radius 3 is 1.29 bits per heavy atom. The van der Waals surface area contributed by atoms with Crippen molar-refractivity contribution in [2.75, 3.05) is 5.32 Å². The van der Waals surface area contributed by atoms with E-state index in [4.69, 9.17) is 18.6 Å². The van der Waals surface area contributed by atoms with Crippen molar-refractivity contribution in [1.29, 1.82) is 0 Å². The fourth-order valence-electron chi connectivity index (χ4n) is 5.72. The largest absolute Gasteiger partial charge is 0.321 e. The number of carbonyl (C=O) groups excluding carboxylic acids is 2. The van der Waals surface area contributed by atoms with E-state index in [9.17, 15) is 9.59 Å². The summed E-state index contributed by atoms with van der Waals surface area (Å²) in [5.74, 6) is -0.769. The van der Waals surface area contributed by atoms with E-state index in [1.165, 1.54) is 0 Å². The van der Waals surface area contributed by atoms with Crippen molar-refractivity contribution in [2.45, 2.75) is 6.92 Å². The molecule has 0 saturated heterocycles. The molecule has 3 N–H and O–H groups in total. The molecule has 0 bridgehead atoms. The summed E-state index contributed by atoms with van der Waals surface area (Å²) in [4.78, 5) is 28.8. The SMILES string of the molecule is Cc1ccc(NC(=O)/C(NC(=O)c2ccccc2)=C(\c2ccccc2)[P+](c2ccccc2)(c2ccccc2)c2ccccc2)cc1.[O-][Cl+3]([O-])([O-])O. The third-order valence-electron chi connectivity index (χ3n) is 7.86. The molecule has 2 amide bonds. The third kappa shape index (κ3) is 9.42. The van der Waals surface area contributed by atoms with E-state index in [0.29, 0.717) is 11.3 Å². The first kappa shape index (κ1) is 36.8. The van der Waals surface area contributed by atoms with Crippen LogP contribution < -0.4 is 40.5 Å². The molecular weight excluding hydrogens is 683 g/mol. The van der Waals surface area contributed by atoms with Crippen molar-refractivity contribution in [2.24, 2.45) is 0 Å². The Hall–Kier alpha value is -5.44. The Morgan fingerprint density at radius 2 is 0.902 bits per heavy atom. The van der Waals surface area contributed by atoms with Gasteiger partial charge in [-0.1, -0.05) is 121 Å². The van der Waals surface area contributed by atoms with Gasteiger partial charge in [0.25, 0.3) is 11.8 Å². The highest BCUT2D eigenvalue weighted by Crippen LogP contribution is 2.67. The zero-order valence-corrected chi connectivity index (χ0v) is 29.2. The van der Waals surface area contributed by atoms with Gasteiger partial charge in [0, 0.05) is 16.8 Å². The molecule has 0 fully saturated rings. The van der Waals surface area contributed by atoms with Gasteiger partial charge in [-0.15, -0.1) is 0 Å². The van der Waals surface area contributed by atoms with Gasteiger partial charge in [0.05, 0.1) is 14.9 Å². The summed E-state index contributed by atoms with van der Waals surface area (Å²) in [6, 6.07) is 57.6. The Labute approximate surface area is 299 Å². The Balaban J connectivity index is 0.000000943. The van der Waals surface area contributed by atoms with Gasteiger partial charge in [0.2, 0.25) is 0 Å². The van der Waals surface area contributed by atoms with Crippen molar-refractivity contribution in [3.63, 3.8) is 0 Å². The maximum atomic E-state index is 14.8. The molecule has 256 valence electrons. The Kier molecular flexibility index (Phi) is 12.3. The van der Waals surface area contributed by atoms with Gasteiger partial charge < -0.3 is 10.6 Å². The summed E-state index contributed by atoms with van der Waals surface area (Å²) >= 11 is 0. The number of hydrogen-bond acceptors (Lipinski definition) is 6. The van der Waals surface area contributed by atoms with Crippen molar-refractivity contribution < 1.29 is 38.5 Å². The molecule has 0 heterocycles. The van der Waals surface area contributed by atoms with Crippen LogP contribution in [0.15, 0.2) is 182 Å². The van der Waals surface area contributed by atoms with E-state index in [1.54, 1.807) is 12.1 Å². The number of anilines is 1. The van der Waals surface area contributed by atoms with Gasteiger partial charge in [-0.25, -0.2) is 0 Å². The van der Waals surface area contributed by atoms with Crippen LogP contribution in [0.4, 0.5) is 5.69 Å². The van der Waals surface area contributed by atoms with Crippen LogP contribution in [0.3, 0.4) is 0 Å². The number of amides is 2. The highest BCUT2D eigenvalue weighted by atomic mass is 35.7. The van der Waals surface area contributed by atoms with Gasteiger partial charge in [-0.3, -0.25) is 9.59 Å². The van der Waals surface area contributed by atoms with Crippen LogP contribution in [-0.2, 0) is 4.79 Å². The number of benzene rings is 6. The van der Waals surface area contributed by atoms with Crippen LogP contribution in [0, 0.1) is 17.2 Å². The van der Waals surface area contributed by atoms with Crippen LogP contribution in [-0.4, -0.2) is 16.5 Å². The van der Waals surface area contributed by atoms with Crippen LogP contribution >= 0.6 is 7.26 Å². The van der Waals surface area contributed by atoms with E-state index in [0.717, 1.165) is 32.4 Å². The first-order valence-corrected chi connectivity index (χ1v) is 18.9. The molecule has 0 aliphatic heterocycles. The van der Waals surface area contributed by atoms with Crippen LogP contribution in [0.2, 0.25) is 0 Å². The maximum absolute atomic E-state index is 14.8. The lowest BCUT2D eigenvalue weighted by atomic mass is 10.1. The number of aryl methyl sites for hydroxylation is 1. The van der Waals surface area contributed by atoms with Gasteiger partial charge >= 0.3 is 0 Å². The smallest absolute Gasteiger partial charge is 0.276 e. The van der Waals surface area contributed by atoms with E-state index < -0.39 is 23.4 Å².